The van der Waals surface area contributed by atoms with Crippen LogP contribution < -0.4 is 10.6 Å². The van der Waals surface area contributed by atoms with Crippen LogP contribution in [0.4, 0.5) is 4.79 Å². The number of carboxylic acid groups (broad SMARTS) is 1. The zero-order valence-corrected chi connectivity index (χ0v) is 11.9. The summed E-state index contributed by atoms with van der Waals surface area (Å²) in [7, 11) is 1.23. The highest BCUT2D eigenvalue weighted by atomic mass is 16.5. The van der Waals surface area contributed by atoms with E-state index in [2.05, 4.69) is 15.4 Å². The third-order valence-electron chi connectivity index (χ3n) is 2.63. The van der Waals surface area contributed by atoms with Crippen molar-refractivity contribution in [2.24, 2.45) is 11.8 Å². The fraction of sp³-hybridized carbons (Fsp3) is 0.750. The molecule has 0 aromatic carbocycles. The smallest absolute Gasteiger partial charge is 0.328 e. The van der Waals surface area contributed by atoms with E-state index in [0.29, 0.717) is 0 Å². The van der Waals surface area contributed by atoms with Crippen LogP contribution in [0.3, 0.4) is 0 Å². The Morgan fingerprint density at radius 1 is 0.947 bits per heavy atom. The lowest BCUT2D eigenvalue weighted by Crippen LogP contribution is -2.54. The third-order valence-corrected chi connectivity index (χ3v) is 2.63. The van der Waals surface area contributed by atoms with Gasteiger partial charge in [0.25, 0.3) is 0 Å². The monoisotopic (exact) mass is 274 g/mol. The molecule has 0 aliphatic heterocycles. The Balaban J connectivity index is 4.66. The molecule has 0 rings (SSSR count). The maximum Gasteiger partial charge on any atom is 0.328 e. The Bertz CT molecular complexity index is 341. The molecular formula is C12H22N2O5. The van der Waals surface area contributed by atoms with Crippen molar-refractivity contribution in [1.29, 1.82) is 0 Å². The second kappa shape index (κ2) is 7.60. The molecule has 0 aromatic heterocycles. The molecule has 0 radical (unpaired) electrons. The quantitative estimate of drug-likeness (QED) is 0.615. The molecule has 19 heavy (non-hydrogen) atoms. The topological polar surface area (TPSA) is 105 Å². The lowest BCUT2D eigenvalue weighted by atomic mass is 10.0. The molecule has 0 fully saturated rings. The van der Waals surface area contributed by atoms with Crippen LogP contribution in [0.5, 0.6) is 0 Å². The summed E-state index contributed by atoms with van der Waals surface area (Å²) >= 11 is 0. The number of rotatable bonds is 6. The van der Waals surface area contributed by atoms with E-state index in [9.17, 15) is 14.4 Å². The molecule has 0 aliphatic carbocycles. The first kappa shape index (κ1) is 17.2. The minimum Gasteiger partial charge on any atom is -0.480 e. The van der Waals surface area contributed by atoms with Crippen LogP contribution >= 0.6 is 0 Å². The van der Waals surface area contributed by atoms with Crippen molar-refractivity contribution in [1.82, 2.24) is 10.6 Å². The first-order chi connectivity index (χ1) is 8.70. The van der Waals surface area contributed by atoms with E-state index >= 15 is 0 Å². The number of carboxylic acids is 1. The SMILES string of the molecule is COC(=O)[C@@H](NC(=O)N[C@H](C(=O)O)C(C)C)C(C)C. The number of urea groups is 1. The van der Waals surface area contributed by atoms with Gasteiger partial charge in [-0.1, -0.05) is 27.7 Å². The normalized spacial score (nSPS) is 13.8. The van der Waals surface area contributed by atoms with Gasteiger partial charge in [-0.15, -0.1) is 0 Å². The highest BCUT2D eigenvalue weighted by molar-refractivity contribution is 5.86. The fourth-order valence-corrected chi connectivity index (χ4v) is 1.46. The van der Waals surface area contributed by atoms with Gasteiger partial charge in [-0.2, -0.15) is 0 Å². The van der Waals surface area contributed by atoms with Gasteiger partial charge in [-0.3, -0.25) is 0 Å². The average molecular weight is 274 g/mol. The third kappa shape index (κ3) is 5.58. The Hall–Kier alpha value is -1.79. The molecule has 0 heterocycles. The maximum atomic E-state index is 11.7. The molecule has 7 heteroatoms. The number of aliphatic carboxylic acids is 1. The highest BCUT2D eigenvalue weighted by Gasteiger charge is 2.28. The summed E-state index contributed by atoms with van der Waals surface area (Å²) in [6.07, 6.45) is 0. The number of ether oxygens (including phenoxy) is 1. The Kier molecular flexibility index (Phi) is 6.89. The van der Waals surface area contributed by atoms with Crippen molar-refractivity contribution >= 4 is 18.0 Å². The molecule has 2 amide bonds. The Labute approximate surface area is 112 Å². The second-order valence-corrected chi connectivity index (χ2v) is 4.92. The van der Waals surface area contributed by atoms with Crippen molar-refractivity contribution < 1.29 is 24.2 Å². The van der Waals surface area contributed by atoms with E-state index in [1.54, 1.807) is 27.7 Å². The van der Waals surface area contributed by atoms with Crippen LogP contribution in [0.25, 0.3) is 0 Å². The van der Waals surface area contributed by atoms with Crippen molar-refractivity contribution in [2.45, 2.75) is 39.8 Å². The van der Waals surface area contributed by atoms with Gasteiger partial charge in [-0.25, -0.2) is 14.4 Å². The van der Waals surface area contributed by atoms with E-state index in [0.717, 1.165) is 0 Å². The Morgan fingerprint density at radius 3 is 1.68 bits per heavy atom. The number of hydrogen-bond donors (Lipinski definition) is 3. The number of esters is 1. The van der Waals surface area contributed by atoms with Gasteiger partial charge in [0.2, 0.25) is 0 Å². The molecule has 0 bridgehead atoms. The van der Waals surface area contributed by atoms with E-state index in [-0.39, 0.29) is 11.8 Å². The first-order valence-electron chi connectivity index (χ1n) is 6.08. The molecule has 0 unspecified atom stereocenters. The summed E-state index contributed by atoms with van der Waals surface area (Å²) in [5.74, 6) is -2.12. The van der Waals surface area contributed by atoms with Crippen LogP contribution in [0, 0.1) is 11.8 Å². The molecule has 0 saturated heterocycles. The summed E-state index contributed by atoms with van der Waals surface area (Å²) in [5, 5.41) is 13.7. The van der Waals surface area contributed by atoms with Gasteiger partial charge in [0.1, 0.15) is 12.1 Å². The number of hydrogen-bond acceptors (Lipinski definition) is 4. The average Bonchev–Trinajstić information content (AvgIpc) is 2.30. The molecular weight excluding hydrogens is 252 g/mol. The van der Waals surface area contributed by atoms with Crippen LogP contribution in [0.2, 0.25) is 0 Å². The highest BCUT2D eigenvalue weighted by Crippen LogP contribution is 2.05. The number of amides is 2. The lowest BCUT2D eigenvalue weighted by Gasteiger charge is -2.23. The molecule has 0 aromatic rings. The zero-order chi connectivity index (χ0) is 15.2. The van der Waals surface area contributed by atoms with Crippen molar-refractivity contribution in [3.05, 3.63) is 0 Å². The lowest BCUT2D eigenvalue weighted by molar-refractivity contribution is -0.144. The largest absolute Gasteiger partial charge is 0.480 e. The molecule has 110 valence electrons. The van der Waals surface area contributed by atoms with Crippen molar-refractivity contribution in [2.75, 3.05) is 7.11 Å². The molecule has 0 saturated carbocycles. The fourth-order valence-electron chi connectivity index (χ4n) is 1.46. The standard InChI is InChI=1S/C12H22N2O5/c1-6(2)8(10(15)16)13-12(18)14-9(7(3)4)11(17)19-5/h6-9H,1-5H3,(H,15,16)(H2,13,14,18)/t8-,9-/m0/s1. The van der Waals surface area contributed by atoms with E-state index in [4.69, 9.17) is 5.11 Å². The van der Waals surface area contributed by atoms with Gasteiger partial charge >= 0.3 is 18.0 Å². The predicted molar refractivity (Wildman–Crippen MR) is 68.6 cm³/mol. The minimum atomic E-state index is -1.12. The maximum absolute atomic E-state index is 11.7. The second-order valence-electron chi connectivity index (χ2n) is 4.92. The van der Waals surface area contributed by atoms with Gasteiger partial charge in [0.15, 0.2) is 0 Å². The van der Waals surface area contributed by atoms with E-state index in [1.165, 1.54) is 7.11 Å². The van der Waals surface area contributed by atoms with Crippen LogP contribution in [-0.2, 0) is 14.3 Å². The summed E-state index contributed by atoms with van der Waals surface area (Å²) in [6.45, 7) is 6.86. The molecule has 2 atom stereocenters. The van der Waals surface area contributed by atoms with Gasteiger partial charge in [-0.05, 0) is 11.8 Å². The van der Waals surface area contributed by atoms with Gasteiger partial charge in [0.05, 0.1) is 7.11 Å². The van der Waals surface area contributed by atoms with Crippen LogP contribution in [-0.4, -0.2) is 42.3 Å². The Morgan fingerprint density at radius 2 is 1.37 bits per heavy atom. The van der Waals surface area contributed by atoms with Crippen molar-refractivity contribution in [3.8, 4) is 0 Å². The predicted octanol–water partition coefficient (Wildman–Crippen LogP) is 0.592. The zero-order valence-electron chi connectivity index (χ0n) is 11.9. The van der Waals surface area contributed by atoms with E-state index < -0.39 is 30.1 Å². The number of carbonyl (C=O) groups excluding carboxylic acids is 2. The van der Waals surface area contributed by atoms with Gasteiger partial charge < -0.3 is 20.5 Å². The number of methoxy groups -OCH3 is 1. The van der Waals surface area contributed by atoms with Crippen LogP contribution in [0.1, 0.15) is 27.7 Å². The molecule has 0 spiro atoms. The van der Waals surface area contributed by atoms with Gasteiger partial charge in [0, 0.05) is 0 Å². The van der Waals surface area contributed by atoms with Crippen LogP contribution in [0.15, 0.2) is 0 Å². The summed E-state index contributed by atoms with van der Waals surface area (Å²) in [5.41, 5.74) is 0. The molecule has 7 nitrogen and oxygen atoms in total. The number of nitrogens with one attached hydrogen (secondary N) is 2. The number of carbonyl (C=O) groups is 3. The molecule has 3 N–H and O–H groups in total. The summed E-state index contributed by atoms with van der Waals surface area (Å²) in [6, 6.07) is -2.53. The summed E-state index contributed by atoms with van der Waals surface area (Å²) in [4.78, 5) is 34.1. The first-order valence-corrected chi connectivity index (χ1v) is 6.08. The van der Waals surface area contributed by atoms with Crippen molar-refractivity contribution in [3.63, 3.8) is 0 Å². The summed E-state index contributed by atoms with van der Waals surface area (Å²) < 4.78 is 4.58. The molecule has 0 aliphatic rings. The van der Waals surface area contributed by atoms with E-state index in [1.807, 2.05) is 0 Å². The minimum absolute atomic E-state index is 0.166.